The van der Waals surface area contributed by atoms with Crippen LogP contribution in [0.25, 0.3) is 10.8 Å². The highest BCUT2D eigenvalue weighted by molar-refractivity contribution is 9.10. The van der Waals surface area contributed by atoms with Crippen molar-refractivity contribution in [1.82, 2.24) is 9.88 Å². The maximum Gasteiger partial charge on any atom is 0.161 e. The van der Waals surface area contributed by atoms with Crippen LogP contribution in [0.3, 0.4) is 0 Å². The quantitative estimate of drug-likeness (QED) is 0.600. The lowest BCUT2D eigenvalue weighted by Gasteiger charge is -2.40. The minimum Gasteiger partial charge on any atom is -0.366 e. The van der Waals surface area contributed by atoms with Crippen LogP contribution in [0.2, 0.25) is 5.15 Å². The van der Waals surface area contributed by atoms with Crippen molar-refractivity contribution in [1.29, 1.82) is 0 Å². The van der Waals surface area contributed by atoms with E-state index in [-0.39, 0.29) is 5.82 Å². The lowest BCUT2D eigenvalue weighted by molar-refractivity contribution is 0.214. The van der Waals surface area contributed by atoms with Gasteiger partial charge in [0.2, 0.25) is 0 Å². The van der Waals surface area contributed by atoms with Crippen LogP contribution in [0, 0.1) is 5.82 Å². The Hall–Kier alpha value is -0.910. The Balaban J connectivity index is 2.02. The van der Waals surface area contributed by atoms with Gasteiger partial charge >= 0.3 is 0 Å². The maximum atomic E-state index is 15.1. The number of fused-ring (bicyclic) bond motifs is 1. The van der Waals surface area contributed by atoms with E-state index in [1.54, 1.807) is 12.3 Å². The van der Waals surface area contributed by atoms with Gasteiger partial charge in [0.1, 0.15) is 5.15 Å². The molecule has 0 bridgehead atoms. The fraction of sp³-hybridized carbons (Fsp3) is 0.526. The number of pyridine rings is 1. The summed E-state index contributed by atoms with van der Waals surface area (Å²) in [4.78, 5) is 8.66. The van der Waals surface area contributed by atoms with Gasteiger partial charge in [-0.15, -0.1) is 0 Å². The average Bonchev–Trinajstić information content (AvgIpc) is 2.60. The van der Waals surface area contributed by atoms with Gasteiger partial charge in [0.05, 0.1) is 10.2 Å². The van der Waals surface area contributed by atoms with E-state index in [2.05, 4.69) is 51.7 Å². The molecule has 1 aliphatic rings. The molecular formula is C19H24BrClFN3. The summed E-state index contributed by atoms with van der Waals surface area (Å²) in [7, 11) is 4.28. The van der Waals surface area contributed by atoms with E-state index in [9.17, 15) is 0 Å². The van der Waals surface area contributed by atoms with Crippen molar-refractivity contribution in [3.8, 4) is 0 Å². The third-order valence-corrected chi connectivity index (χ3v) is 6.23. The standard InChI is InChI=1S/C19H24BrClFN3/c1-4-25(13-7-5-12(6-8-13)24(2)3)18-14-9-10-23-19(21)15(14)11-16(20)17(18)22/h9-13H,4-8H2,1-3H3. The minimum absolute atomic E-state index is 0.216. The fourth-order valence-electron chi connectivity index (χ4n) is 3.98. The summed E-state index contributed by atoms with van der Waals surface area (Å²) in [5.74, 6) is -0.216. The lowest BCUT2D eigenvalue weighted by atomic mass is 9.89. The normalized spacial score (nSPS) is 21.1. The van der Waals surface area contributed by atoms with Gasteiger partial charge in [-0.25, -0.2) is 9.37 Å². The van der Waals surface area contributed by atoms with Crippen molar-refractivity contribution in [3.05, 3.63) is 33.8 Å². The molecule has 0 atom stereocenters. The van der Waals surface area contributed by atoms with Gasteiger partial charge in [-0.3, -0.25) is 0 Å². The van der Waals surface area contributed by atoms with Crippen molar-refractivity contribution < 1.29 is 4.39 Å². The number of halogens is 3. The third kappa shape index (κ3) is 3.64. The van der Waals surface area contributed by atoms with Crippen LogP contribution in [-0.2, 0) is 0 Å². The molecule has 1 aromatic carbocycles. The van der Waals surface area contributed by atoms with E-state index in [1.165, 1.54) is 0 Å². The Kier molecular flexibility index (Phi) is 5.86. The van der Waals surface area contributed by atoms with Crippen LogP contribution >= 0.6 is 27.5 Å². The largest absolute Gasteiger partial charge is 0.366 e. The predicted molar refractivity (Wildman–Crippen MR) is 107 cm³/mol. The number of benzene rings is 1. The van der Waals surface area contributed by atoms with Gasteiger partial charge in [0.15, 0.2) is 5.82 Å². The average molecular weight is 429 g/mol. The first-order valence-corrected chi connectivity index (χ1v) is 9.96. The SMILES string of the molecule is CCN(c1c(F)c(Br)cc2c(Cl)nccc12)C1CCC(N(C)C)CC1. The first-order valence-electron chi connectivity index (χ1n) is 8.79. The van der Waals surface area contributed by atoms with E-state index in [4.69, 9.17) is 11.6 Å². The van der Waals surface area contributed by atoms with E-state index >= 15 is 4.39 Å². The van der Waals surface area contributed by atoms with Crippen molar-refractivity contribution in [3.63, 3.8) is 0 Å². The smallest absolute Gasteiger partial charge is 0.161 e. The first-order chi connectivity index (χ1) is 11.9. The van der Waals surface area contributed by atoms with E-state index < -0.39 is 0 Å². The van der Waals surface area contributed by atoms with Gasteiger partial charge in [0, 0.05) is 35.6 Å². The molecule has 1 heterocycles. The Bertz CT molecular complexity index is 760. The zero-order chi connectivity index (χ0) is 18.1. The fourth-order valence-corrected chi connectivity index (χ4v) is 4.61. The molecule has 136 valence electrons. The van der Waals surface area contributed by atoms with Crippen molar-refractivity contribution in [2.24, 2.45) is 0 Å². The number of hydrogen-bond donors (Lipinski definition) is 0. The summed E-state index contributed by atoms with van der Waals surface area (Å²) in [5.41, 5.74) is 0.643. The van der Waals surface area contributed by atoms with Crippen LogP contribution in [-0.4, -0.2) is 42.6 Å². The molecule has 0 amide bonds. The number of hydrogen-bond acceptors (Lipinski definition) is 3. The predicted octanol–water partition coefficient (Wildman–Crippen LogP) is 5.49. The molecule has 3 nitrogen and oxygen atoms in total. The zero-order valence-electron chi connectivity index (χ0n) is 14.9. The summed E-state index contributed by atoms with van der Waals surface area (Å²) in [6.07, 6.45) is 6.08. The summed E-state index contributed by atoms with van der Waals surface area (Å²) < 4.78 is 15.5. The van der Waals surface area contributed by atoms with E-state index in [0.29, 0.717) is 27.4 Å². The molecule has 1 saturated carbocycles. The highest BCUT2D eigenvalue weighted by Crippen LogP contribution is 2.39. The lowest BCUT2D eigenvalue weighted by Crippen LogP contribution is -2.42. The molecule has 0 N–H and O–H groups in total. The Morgan fingerprint density at radius 2 is 1.84 bits per heavy atom. The van der Waals surface area contributed by atoms with Crippen molar-refractivity contribution in [2.45, 2.75) is 44.7 Å². The van der Waals surface area contributed by atoms with Crippen LogP contribution < -0.4 is 4.90 Å². The molecule has 6 heteroatoms. The monoisotopic (exact) mass is 427 g/mol. The molecule has 3 rings (SSSR count). The molecule has 1 aromatic heterocycles. The highest BCUT2D eigenvalue weighted by Gasteiger charge is 2.29. The van der Waals surface area contributed by atoms with E-state index in [0.717, 1.165) is 43.0 Å². The molecule has 0 saturated heterocycles. The van der Waals surface area contributed by atoms with Gasteiger partial charge in [-0.05, 0) is 74.8 Å². The summed E-state index contributed by atoms with van der Waals surface area (Å²) in [6.45, 7) is 2.85. The second kappa shape index (κ2) is 7.77. The Morgan fingerprint density at radius 1 is 1.20 bits per heavy atom. The van der Waals surface area contributed by atoms with Gasteiger partial charge in [0.25, 0.3) is 0 Å². The second-order valence-electron chi connectivity index (χ2n) is 6.93. The van der Waals surface area contributed by atoms with Crippen LogP contribution in [0.15, 0.2) is 22.8 Å². The number of anilines is 1. The molecule has 1 fully saturated rings. The molecular weight excluding hydrogens is 405 g/mol. The molecule has 0 unspecified atom stereocenters. The van der Waals surface area contributed by atoms with Gasteiger partial charge in [-0.1, -0.05) is 11.6 Å². The van der Waals surface area contributed by atoms with Crippen LogP contribution in [0.5, 0.6) is 0 Å². The number of rotatable bonds is 4. The number of nitrogens with zero attached hydrogens (tertiary/aromatic N) is 3. The topological polar surface area (TPSA) is 19.4 Å². The second-order valence-corrected chi connectivity index (χ2v) is 8.14. The van der Waals surface area contributed by atoms with Crippen LogP contribution in [0.1, 0.15) is 32.6 Å². The summed E-state index contributed by atoms with van der Waals surface area (Å²) in [5, 5.41) is 2.02. The molecule has 1 aliphatic carbocycles. The molecule has 25 heavy (non-hydrogen) atoms. The molecule has 0 spiro atoms. The summed E-state index contributed by atoms with van der Waals surface area (Å²) >= 11 is 9.62. The highest BCUT2D eigenvalue weighted by atomic mass is 79.9. The molecule has 0 aliphatic heterocycles. The Morgan fingerprint density at radius 3 is 2.44 bits per heavy atom. The number of aromatic nitrogens is 1. The Labute approximate surface area is 162 Å². The van der Waals surface area contributed by atoms with Gasteiger partial charge in [-0.2, -0.15) is 0 Å². The third-order valence-electron chi connectivity index (χ3n) is 5.35. The van der Waals surface area contributed by atoms with Gasteiger partial charge < -0.3 is 9.80 Å². The molecule has 0 radical (unpaired) electrons. The first kappa shape index (κ1) is 18.9. The minimum atomic E-state index is -0.216. The molecule has 2 aromatic rings. The van der Waals surface area contributed by atoms with Crippen molar-refractivity contribution >= 4 is 44.0 Å². The summed E-state index contributed by atoms with van der Waals surface area (Å²) in [6, 6.07) is 4.55. The zero-order valence-corrected chi connectivity index (χ0v) is 17.2. The van der Waals surface area contributed by atoms with Crippen LogP contribution in [0.4, 0.5) is 10.1 Å². The maximum absolute atomic E-state index is 15.1. The van der Waals surface area contributed by atoms with E-state index in [1.807, 2.05) is 6.07 Å². The van der Waals surface area contributed by atoms with Crippen molar-refractivity contribution in [2.75, 3.05) is 25.5 Å².